The molecule has 2 amide bonds. The normalized spacial score (nSPS) is 17.6. The van der Waals surface area contributed by atoms with Crippen molar-refractivity contribution in [2.24, 2.45) is 0 Å². The fourth-order valence-corrected chi connectivity index (χ4v) is 3.06. The van der Waals surface area contributed by atoms with Crippen LogP contribution in [0.1, 0.15) is 5.56 Å². The van der Waals surface area contributed by atoms with E-state index in [9.17, 15) is 9.59 Å². The lowest BCUT2D eigenvalue weighted by Crippen LogP contribution is -2.47. The van der Waals surface area contributed by atoms with Gasteiger partial charge in [-0.1, -0.05) is 6.07 Å². The van der Waals surface area contributed by atoms with Crippen LogP contribution in [0.3, 0.4) is 0 Å². The Bertz CT molecular complexity index is 584. The highest BCUT2D eigenvalue weighted by Crippen LogP contribution is 2.24. The molecule has 1 atom stereocenters. The molecule has 1 aliphatic heterocycles. The first-order valence-electron chi connectivity index (χ1n) is 5.89. The van der Waals surface area contributed by atoms with Crippen LogP contribution < -0.4 is 4.90 Å². The third kappa shape index (κ3) is 2.70. The molecule has 2 rings (SSSR count). The average Bonchev–Trinajstić information content (AvgIpc) is 2.95. The molecule has 7 heteroatoms. The SMILES string of the molecule is CN(C(=O)N1CSC[C@H]1C(=O)O)c1cccc(C#N)c1. The average molecular weight is 291 g/mol. The van der Waals surface area contributed by atoms with E-state index in [1.807, 2.05) is 6.07 Å². The molecule has 20 heavy (non-hydrogen) atoms. The van der Waals surface area contributed by atoms with E-state index in [1.165, 1.54) is 21.6 Å². The molecule has 1 heterocycles. The zero-order chi connectivity index (χ0) is 14.7. The van der Waals surface area contributed by atoms with Crippen molar-refractivity contribution in [1.29, 1.82) is 5.26 Å². The molecule has 0 aromatic heterocycles. The summed E-state index contributed by atoms with van der Waals surface area (Å²) in [6.45, 7) is 0. The second kappa shape index (κ2) is 5.84. The van der Waals surface area contributed by atoms with E-state index in [0.717, 1.165) is 0 Å². The third-order valence-electron chi connectivity index (χ3n) is 3.06. The standard InChI is InChI=1S/C13H13N3O3S/c1-15(10-4-2-3-9(5-10)6-14)13(19)16-8-20-7-11(16)12(17)18/h2-5,11H,7-8H2,1H3,(H,17,18)/t11-/m0/s1. The molecule has 1 aliphatic rings. The lowest BCUT2D eigenvalue weighted by Gasteiger charge is -2.27. The Labute approximate surface area is 120 Å². The van der Waals surface area contributed by atoms with Crippen molar-refractivity contribution >= 4 is 29.4 Å². The molecule has 0 saturated carbocycles. The summed E-state index contributed by atoms with van der Waals surface area (Å²) in [6.07, 6.45) is 0. The number of carbonyl (C=O) groups excluding carboxylic acids is 1. The van der Waals surface area contributed by atoms with Gasteiger partial charge >= 0.3 is 12.0 Å². The van der Waals surface area contributed by atoms with Crippen LogP contribution in [0.4, 0.5) is 10.5 Å². The van der Waals surface area contributed by atoms with Gasteiger partial charge in [0.15, 0.2) is 0 Å². The van der Waals surface area contributed by atoms with Gasteiger partial charge in [0, 0.05) is 18.5 Å². The van der Waals surface area contributed by atoms with Gasteiger partial charge in [-0.15, -0.1) is 11.8 Å². The topological polar surface area (TPSA) is 84.6 Å². The summed E-state index contributed by atoms with van der Waals surface area (Å²) in [5.74, 6) is -0.242. The summed E-state index contributed by atoms with van der Waals surface area (Å²) < 4.78 is 0. The number of rotatable bonds is 2. The number of nitrogens with zero attached hydrogens (tertiary/aromatic N) is 3. The van der Waals surface area contributed by atoms with Gasteiger partial charge in [0.1, 0.15) is 6.04 Å². The summed E-state index contributed by atoms with van der Waals surface area (Å²) in [5, 5.41) is 18.0. The summed E-state index contributed by atoms with van der Waals surface area (Å²) in [4.78, 5) is 26.1. The Hall–Kier alpha value is -2.20. The molecule has 0 radical (unpaired) electrons. The van der Waals surface area contributed by atoms with Crippen LogP contribution in [0, 0.1) is 11.3 Å². The van der Waals surface area contributed by atoms with Gasteiger partial charge in [0.25, 0.3) is 0 Å². The van der Waals surface area contributed by atoms with Crippen LogP contribution in [0.15, 0.2) is 24.3 Å². The fourth-order valence-electron chi connectivity index (χ4n) is 1.92. The van der Waals surface area contributed by atoms with Crippen molar-refractivity contribution in [3.8, 4) is 6.07 Å². The van der Waals surface area contributed by atoms with Gasteiger partial charge in [-0.3, -0.25) is 4.90 Å². The molecule has 1 saturated heterocycles. The Morgan fingerprint density at radius 1 is 1.55 bits per heavy atom. The number of carboxylic acids is 1. The van der Waals surface area contributed by atoms with Crippen LogP contribution in [0.25, 0.3) is 0 Å². The first-order chi connectivity index (χ1) is 9.54. The van der Waals surface area contributed by atoms with E-state index in [0.29, 0.717) is 22.9 Å². The number of hydrogen-bond donors (Lipinski definition) is 1. The van der Waals surface area contributed by atoms with Crippen molar-refractivity contribution in [2.45, 2.75) is 6.04 Å². The van der Waals surface area contributed by atoms with Gasteiger partial charge in [0.2, 0.25) is 0 Å². The van der Waals surface area contributed by atoms with Crippen LogP contribution in [-0.4, -0.2) is 46.7 Å². The van der Waals surface area contributed by atoms with Gasteiger partial charge in [0.05, 0.1) is 17.5 Å². The highest BCUT2D eigenvalue weighted by Gasteiger charge is 2.36. The van der Waals surface area contributed by atoms with Gasteiger partial charge in [-0.2, -0.15) is 5.26 Å². The largest absolute Gasteiger partial charge is 0.480 e. The number of thioether (sulfide) groups is 1. The van der Waals surface area contributed by atoms with E-state index in [1.54, 1.807) is 31.3 Å². The second-order valence-corrected chi connectivity index (χ2v) is 5.33. The Morgan fingerprint density at radius 2 is 2.30 bits per heavy atom. The molecule has 1 aromatic rings. The van der Waals surface area contributed by atoms with Crippen molar-refractivity contribution in [2.75, 3.05) is 23.6 Å². The molecular weight excluding hydrogens is 278 g/mol. The maximum Gasteiger partial charge on any atom is 0.327 e. The molecule has 104 valence electrons. The maximum absolute atomic E-state index is 12.4. The van der Waals surface area contributed by atoms with E-state index in [4.69, 9.17) is 10.4 Å². The number of amides is 2. The molecule has 0 aliphatic carbocycles. The number of benzene rings is 1. The van der Waals surface area contributed by atoms with Crippen molar-refractivity contribution in [3.05, 3.63) is 29.8 Å². The number of nitriles is 1. The Morgan fingerprint density at radius 3 is 2.95 bits per heavy atom. The van der Waals surface area contributed by atoms with E-state index < -0.39 is 12.0 Å². The van der Waals surface area contributed by atoms with Crippen LogP contribution >= 0.6 is 11.8 Å². The van der Waals surface area contributed by atoms with Crippen molar-refractivity contribution in [1.82, 2.24) is 4.90 Å². The molecule has 0 bridgehead atoms. The summed E-state index contributed by atoms with van der Waals surface area (Å²) in [6, 6.07) is 7.47. The number of carbonyl (C=O) groups is 2. The molecule has 0 unspecified atom stereocenters. The van der Waals surface area contributed by atoms with E-state index >= 15 is 0 Å². The number of anilines is 1. The van der Waals surface area contributed by atoms with E-state index in [-0.39, 0.29) is 6.03 Å². The van der Waals surface area contributed by atoms with E-state index in [2.05, 4.69) is 0 Å². The third-order valence-corrected chi connectivity index (χ3v) is 4.07. The Kier molecular flexibility index (Phi) is 4.15. The summed E-state index contributed by atoms with van der Waals surface area (Å²) in [7, 11) is 1.57. The molecule has 6 nitrogen and oxygen atoms in total. The molecule has 0 spiro atoms. The zero-order valence-corrected chi connectivity index (χ0v) is 11.6. The highest BCUT2D eigenvalue weighted by atomic mass is 32.2. The highest BCUT2D eigenvalue weighted by molar-refractivity contribution is 7.99. The number of aliphatic carboxylic acids is 1. The minimum atomic E-state index is -0.998. The van der Waals surface area contributed by atoms with Crippen LogP contribution in [0.2, 0.25) is 0 Å². The monoisotopic (exact) mass is 291 g/mol. The van der Waals surface area contributed by atoms with Crippen LogP contribution in [0.5, 0.6) is 0 Å². The molecule has 1 aromatic carbocycles. The minimum Gasteiger partial charge on any atom is -0.480 e. The first kappa shape index (κ1) is 14.2. The van der Waals surface area contributed by atoms with Crippen LogP contribution in [-0.2, 0) is 4.79 Å². The first-order valence-corrected chi connectivity index (χ1v) is 7.05. The quantitative estimate of drug-likeness (QED) is 0.894. The zero-order valence-electron chi connectivity index (χ0n) is 10.8. The second-order valence-electron chi connectivity index (χ2n) is 4.33. The lowest BCUT2D eigenvalue weighted by atomic mass is 10.2. The fraction of sp³-hybridized carbons (Fsp3) is 0.308. The number of urea groups is 1. The van der Waals surface area contributed by atoms with Crippen molar-refractivity contribution in [3.63, 3.8) is 0 Å². The summed E-state index contributed by atoms with van der Waals surface area (Å²) in [5.41, 5.74) is 1.02. The molecule has 1 fully saturated rings. The number of carboxylic acid groups (broad SMARTS) is 1. The summed E-state index contributed by atoms with van der Waals surface area (Å²) >= 11 is 1.41. The molecular formula is C13H13N3O3S. The van der Waals surface area contributed by atoms with Gasteiger partial charge in [-0.25, -0.2) is 9.59 Å². The molecule has 1 N–H and O–H groups in total. The number of hydrogen-bond acceptors (Lipinski definition) is 4. The van der Waals surface area contributed by atoms with Crippen molar-refractivity contribution < 1.29 is 14.7 Å². The minimum absolute atomic E-state index is 0.359. The Balaban J connectivity index is 2.20. The van der Waals surface area contributed by atoms with Gasteiger partial charge in [-0.05, 0) is 18.2 Å². The predicted octanol–water partition coefficient (Wildman–Crippen LogP) is 1.57. The maximum atomic E-state index is 12.4. The predicted molar refractivity (Wildman–Crippen MR) is 75.5 cm³/mol. The lowest BCUT2D eigenvalue weighted by molar-refractivity contribution is -0.140. The van der Waals surface area contributed by atoms with Gasteiger partial charge < -0.3 is 10.0 Å². The smallest absolute Gasteiger partial charge is 0.327 e.